The van der Waals surface area contributed by atoms with Crippen LogP contribution in [0.3, 0.4) is 0 Å². The van der Waals surface area contributed by atoms with Gasteiger partial charge < -0.3 is 4.90 Å². The number of hydrogen-bond donors (Lipinski definition) is 0. The summed E-state index contributed by atoms with van der Waals surface area (Å²) in [7, 11) is 4.15. The summed E-state index contributed by atoms with van der Waals surface area (Å²) in [6.07, 6.45) is 1.97. The molecule has 94 valence electrons. The minimum absolute atomic E-state index is 1.05. The molecule has 0 saturated carbocycles. The quantitative estimate of drug-likeness (QED) is 0.788. The second-order valence-corrected chi connectivity index (χ2v) is 4.80. The third-order valence-corrected chi connectivity index (χ3v) is 3.28. The summed E-state index contributed by atoms with van der Waals surface area (Å²) in [4.78, 5) is 6.65. The molecule has 0 fully saturated rings. The number of allylic oxidation sites excluding steroid dienone is 1. The van der Waals surface area contributed by atoms with E-state index in [9.17, 15) is 0 Å². The highest BCUT2D eigenvalue weighted by molar-refractivity contribution is 6.23. The van der Waals surface area contributed by atoms with Crippen molar-refractivity contribution in [2.75, 3.05) is 14.1 Å². The molecule has 19 heavy (non-hydrogen) atoms. The van der Waals surface area contributed by atoms with Crippen molar-refractivity contribution < 1.29 is 0 Å². The Bertz CT molecular complexity index is 652. The fraction of sp³-hybridized carbons (Fsp3) is 0.118. The fourth-order valence-corrected chi connectivity index (χ4v) is 2.46. The lowest BCUT2D eigenvalue weighted by molar-refractivity contribution is 0.594. The Morgan fingerprint density at radius 2 is 1.58 bits per heavy atom. The van der Waals surface area contributed by atoms with E-state index >= 15 is 0 Å². The molecule has 2 heteroatoms. The second kappa shape index (κ2) is 4.73. The van der Waals surface area contributed by atoms with Crippen LogP contribution in [0.2, 0.25) is 0 Å². The Balaban J connectivity index is 2.22. The van der Waals surface area contributed by atoms with Crippen LogP contribution in [0.15, 0.2) is 59.6 Å². The normalized spacial score (nSPS) is 15.3. The van der Waals surface area contributed by atoms with Crippen LogP contribution in [-0.2, 0) is 0 Å². The van der Waals surface area contributed by atoms with E-state index in [-0.39, 0.29) is 0 Å². The minimum atomic E-state index is 1.05. The molecule has 2 aromatic carbocycles. The van der Waals surface area contributed by atoms with Crippen LogP contribution < -0.4 is 0 Å². The molecule has 3 rings (SSSR count). The molecule has 0 amide bonds. The van der Waals surface area contributed by atoms with Gasteiger partial charge in [0.1, 0.15) is 0 Å². The highest BCUT2D eigenvalue weighted by atomic mass is 15.1. The van der Waals surface area contributed by atoms with E-state index in [1.807, 2.05) is 18.3 Å². The maximum atomic E-state index is 4.50. The average molecular weight is 248 g/mol. The number of benzene rings is 2. The standard InChI is InChI=1S/C17H16N2/c1-19(2)17(13-8-4-3-5-9-13)15-12-18-16-11-7-6-10-14(15)16/h3-12H,1-2H3. The Hall–Kier alpha value is -2.35. The highest BCUT2D eigenvalue weighted by Crippen LogP contribution is 2.36. The molecule has 1 heterocycles. The lowest BCUT2D eigenvalue weighted by atomic mass is 10.0. The summed E-state index contributed by atoms with van der Waals surface area (Å²) >= 11 is 0. The Labute approximate surface area is 113 Å². The molecule has 1 aliphatic heterocycles. The molecular formula is C17H16N2. The zero-order chi connectivity index (χ0) is 13.2. The SMILES string of the molecule is CN(C)C(=C1C=Nc2ccccc21)c1ccccc1. The first-order valence-electron chi connectivity index (χ1n) is 6.38. The van der Waals surface area contributed by atoms with Crippen molar-refractivity contribution in [1.29, 1.82) is 0 Å². The zero-order valence-electron chi connectivity index (χ0n) is 11.2. The molecule has 0 bridgehead atoms. The smallest absolute Gasteiger partial charge is 0.0709 e. The third-order valence-electron chi connectivity index (χ3n) is 3.28. The van der Waals surface area contributed by atoms with Crippen molar-refractivity contribution in [3.63, 3.8) is 0 Å². The number of hydrogen-bond acceptors (Lipinski definition) is 2. The first kappa shape index (κ1) is 11.7. The fourth-order valence-electron chi connectivity index (χ4n) is 2.46. The molecular weight excluding hydrogens is 232 g/mol. The second-order valence-electron chi connectivity index (χ2n) is 4.80. The lowest BCUT2D eigenvalue weighted by Crippen LogP contribution is -2.12. The molecule has 2 aromatic rings. The molecule has 0 N–H and O–H groups in total. The van der Waals surface area contributed by atoms with Gasteiger partial charge in [0.25, 0.3) is 0 Å². The van der Waals surface area contributed by atoms with Crippen molar-refractivity contribution in [3.05, 3.63) is 65.7 Å². The van der Waals surface area contributed by atoms with Gasteiger partial charge in [-0.25, -0.2) is 0 Å². The number of aliphatic imine (C=N–C) groups is 1. The van der Waals surface area contributed by atoms with Crippen molar-refractivity contribution >= 4 is 23.2 Å². The van der Waals surface area contributed by atoms with Crippen LogP contribution in [0.25, 0.3) is 11.3 Å². The van der Waals surface area contributed by atoms with Crippen molar-refractivity contribution in [2.45, 2.75) is 0 Å². The summed E-state index contributed by atoms with van der Waals surface area (Å²) in [5, 5.41) is 0. The molecule has 0 atom stereocenters. The van der Waals surface area contributed by atoms with Gasteiger partial charge in [0.2, 0.25) is 0 Å². The van der Waals surface area contributed by atoms with Crippen molar-refractivity contribution in [2.24, 2.45) is 4.99 Å². The van der Waals surface area contributed by atoms with Gasteiger partial charge >= 0.3 is 0 Å². The van der Waals surface area contributed by atoms with E-state index in [0.29, 0.717) is 0 Å². The summed E-state index contributed by atoms with van der Waals surface area (Å²) in [5.74, 6) is 0. The molecule has 2 nitrogen and oxygen atoms in total. The van der Waals surface area contributed by atoms with Crippen molar-refractivity contribution in [1.82, 2.24) is 4.90 Å². The maximum absolute atomic E-state index is 4.50. The van der Waals surface area contributed by atoms with E-state index in [1.54, 1.807) is 0 Å². The van der Waals surface area contributed by atoms with Crippen LogP contribution in [0, 0.1) is 0 Å². The molecule has 0 radical (unpaired) electrons. The van der Waals surface area contributed by atoms with Gasteiger partial charge in [0.05, 0.1) is 11.4 Å². The van der Waals surface area contributed by atoms with Gasteiger partial charge in [-0.3, -0.25) is 4.99 Å². The van der Waals surface area contributed by atoms with Gasteiger partial charge in [0.15, 0.2) is 0 Å². The van der Waals surface area contributed by atoms with E-state index < -0.39 is 0 Å². The van der Waals surface area contributed by atoms with Gasteiger partial charge in [-0.05, 0) is 11.6 Å². The van der Waals surface area contributed by atoms with Crippen LogP contribution in [-0.4, -0.2) is 25.2 Å². The maximum Gasteiger partial charge on any atom is 0.0709 e. The third kappa shape index (κ3) is 2.06. The lowest BCUT2D eigenvalue weighted by Gasteiger charge is -2.20. The van der Waals surface area contributed by atoms with Gasteiger partial charge in [-0.1, -0.05) is 48.5 Å². The highest BCUT2D eigenvalue weighted by Gasteiger charge is 2.18. The Kier molecular flexibility index (Phi) is 2.92. The number of fused-ring (bicyclic) bond motifs is 1. The summed E-state index contributed by atoms with van der Waals surface area (Å²) < 4.78 is 0. The molecule has 0 aromatic heterocycles. The molecule has 0 spiro atoms. The van der Waals surface area contributed by atoms with Crippen LogP contribution >= 0.6 is 0 Å². The van der Waals surface area contributed by atoms with Gasteiger partial charge in [0, 0.05) is 31.4 Å². The largest absolute Gasteiger partial charge is 0.377 e. The van der Waals surface area contributed by atoms with E-state index in [1.165, 1.54) is 22.4 Å². The van der Waals surface area contributed by atoms with E-state index in [2.05, 4.69) is 66.5 Å². The Morgan fingerprint density at radius 1 is 0.895 bits per heavy atom. The first-order valence-corrected chi connectivity index (χ1v) is 6.38. The summed E-state index contributed by atoms with van der Waals surface area (Å²) in [5.41, 5.74) is 5.86. The first-order chi connectivity index (χ1) is 9.27. The molecule has 1 aliphatic rings. The van der Waals surface area contributed by atoms with E-state index in [4.69, 9.17) is 0 Å². The van der Waals surface area contributed by atoms with Crippen LogP contribution in [0.4, 0.5) is 5.69 Å². The van der Waals surface area contributed by atoms with Gasteiger partial charge in [-0.2, -0.15) is 0 Å². The zero-order valence-corrected chi connectivity index (χ0v) is 11.2. The predicted octanol–water partition coefficient (Wildman–Crippen LogP) is 3.83. The summed E-state index contributed by atoms with van der Waals surface area (Å²) in [6, 6.07) is 18.7. The van der Waals surface area contributed by atoms with E-state index in [0.717, 1.165) is 5.69 Å². The van der Waals surface area contributed by atoms with Crippen LogP contribution in [0.1, 0.15) is 11.1 Å². The van der Waals surface area contributed by atoms with Crippen molar-refractivity contribution in [3.8, 4) is 0 Å². The molecule has 0 aliphatic carbocycles. The summed E-state index contributed by atoms with van der Waals surface area (Å²) in [6.45, 7) is 0. The number of para-hydroxylation sites is 1. The number of nitrogens with zero attached hydrogens (tertiary/aromatic N) is 2. The number of rotatable bonds is 2. The predicted molar refractivity (Wildman–Crippen MR) is 81.5 cm³/mol. The van der Waals surface area contributed by atoms with Crippen LogP contribution in [0.5, 0.6) is 0 Å². The average Bonchev–Trinajstić information content (AvgIpc) is 2.84. The van der Waals surface area contributed by atoms with Gasteiger partial charge in [-0.15, -0.1) is 0 Å². The monoisotopic (exact) mass is 248 g/mol. The Morgan fingerprint density at radius 3 is 2.32 bits per heavy atom. The topological polar surface area (TPSA) is 15.6 Å². The minimum Gasteiger partial charge on any atom is -0.377 e. The molecule has 0 saturated heterocycles. The molecule has 0 unspecified atom stereocenters.